The van der Waals surface area contributed by atoms with Crippen LogP contribution < -0.4 is 15.8 Å². The van der Waals surface area contributed by atoms with Crippen LogP contribution in [0.25, 0.3) is 0 Å². The van der Waals surface area contributed by atoms with E-state index in [0.29, 0.717) is 0 Å². The van der Waals surface area contributed by atoms with Crippen LogP contribution in [-0.4, -0.2) is 12.5 Å². The minimum Gasteiger partial charge on any atom is -0.435 e. The van der Waals surface area contributed by atoms with E-state index >= 15 is 0 Å². The van der Waals surface area contributed by atoms with Crippen LogP contribution in [0.5, 0.6) is 5.75 Å². The standard InChI is InChI=1S/C14H11F3N2O2/c15-9-4-5-12(11(18)7-9)19-13(20)8-2-1-3-10(6-8)21-14(16)17/h1-7,14H,18H2,(H,19,20). The van der Waals surface area contributed by atoms with E-state index in [0.717, 1.165) is 12.1 Å². The third kappa shape index (κ3) is 3.88. The molecule has 2 rings (SSSR count). The minimum absolute atomic E-state index is 0.0586. The summed E-state index contributed by atoms with van der Waals surface area (Å²) in [5, 5.41) is 2.46. The van der Waals surface area contributed by atoms with Crippen molar-refractivity contribution >= 4 is 17.3 Å². The van der Waals surface area contributed by atoms with Crippen molar-refractivity contribution in [1.82, 2.24) is 0 Å². The lowest BCUT2D eigenvalue weighted by atomic mass is 10.2. The van der Waals surface area contributed by atoms with E-state index < -0.39 is 18.3 Å². The van der Waals surface area contributed by atoms with E-state index in [4.69, 9.17) is 5.73 Å². The van der Waals surface area contributed by atoms with Gasteiger partial charge in [-0.15, -0.1) is 0 Å². The molecule has 0 atom stereocenters. The number of nitrogen functional groups attached to an aromatic ring is 1. The average Bonchev–Trinajstić information content (AvgIpc) is 2.41. The van der Waals surface area contributed by atoms with Crippen molar-refractivity contribution in [3.8, 4) is 5.75 Å². The molecule has 2 aromatic carbocycles. The maximum Gasteiger partial charge on any atom is 0.387 e. The number of hydrogen-bond donors (Lipinski definition) is 2. The van der Waals surface area contributed by atoms with Gasteiger partial charge in [0.1, 0.15) is 11.6 Å². The van der Waals surface area contributed by atoms with Gasteiger partial charge in [0.05, 0.1) is 11.4 Å². The molecule has 0 heterocycles. The first-order chi connectivity index (χ1) is 9.95. The highest BCUT2D eigenvalue weighted by Crippen LogP contribution is 2.21. The van der Waals surface area contributed by atoms with E-state index in [1.54, 1.807) is 0 Å². The van der Waals surface area contributed by atoms with Crippen molar-refractivity contribution in [2.24, 2.45) is 0 Å². The molecule has 2 aromatic rings. The number of amides is 1. The molecule has 7 heteroatoms. The molecule has 0 aliphatic carbocycles. The molecule has 0 bridgehead atoms. The highest BCUT2D eigenvalue weighted by atomic mass is 19.3. The molecule has 0 fully saturated rings. The van der Waals surface area contributed by atoms with Gasteiger partial charge in [0.15, 0.2) is 0 Å². The van der Waals surface area contributed by atoms with Gasteiger partial charge in [-0.2, -0.15) is 8.78 Å². The molecule has 0 aliphatic heterocycles. The Morgan fingerprint density at radius 1 is 1.19 bits per heavy atom. The number of ether oxygens (including phenoxy) is 1. The van der Waals surface area contributed by atoms with E-state index in [-0.39, 0.29) is 22.7 Å². The Kier molecular flexibility index (Phi) is 4.32. The quantitative estimate of drug-likeness (QED) is 0.851. The molecule has 0 aliphatic rings. The SMILES string of the molecule is Nc1cc(F)ccc1NC(=O)c1cccc(OC(F)F)c1. The summed E-state index contributed by atoms with van der Waals surface area (Å²) in [6.45, 7) is -2.98. The third-order valence-corrected chi connectivity index (χ3v) is 2.58. The summed E-state index contributed by atoms with van der Waals surface area (Å²) in [7, 11) is 0. The highest BCUT2D eigenvalue weighted by molar-refractivity contribution is 6.05. The normalized spacial score (nSPS) is 10.5. The van der Waals surface area contributed by atoms with Crippen LogP contribution in [-0.2, 0) is 0 Å². The highest BCUT2D eigenvalue weighted by Gasteiger charge is 2.11. The number of halogens is 3. The molecule has 0 saturated heterocycles. The van der Waals surface area contributed by atoms with Gasteiger partial charge in [-0.1, -0.05) is 6.07 Å². The Morgan fingerprint density at radius 3 is 2.62 bits per heavy atom. The van der Waals surface area contributed by atoms with Crippen LogP contribution in [0.2, 0.25) is 0 Å². The maximum atomic E-state index is 12.9. The van der Waals surface area contributed by atoms with Crippen molar-refractivity contribution < 1.29 is 22.7 Å². The second-order valence-corrected chi connectivity index (χ2v) is 4.09. The van der Waals surface area contributed by atoms with E-state index in [9.17, 15) is 18.0 Å². The van der Waals surface area contributed by atoms with E-state index in [1.807, 2.05) is 0 Å². The molecule has 110 valence electrons. The van der Waals surface area contributed by atoms with Crippen molar-refractivity contribution in [2.45, 2.75) is 6.61 Å². The largest absolute Gasteiger partial charge is 0.435 e. The summed E-state index contributed by atoms with van der Waals surface area (Å²) in [6, 6.07) is 8.81. The average molecular weight is 296 g/mol. The van der Waals surface area contributed by atoms with E-state index in [1.165, 1.54) is 30.3 Å². The van der Waals surface area contributed by atoms with Gasteiger partial charge in [-0.05, 0) is 36.4 Å². The number of carbonyl (C=O) groups excluding carboxylic acids is 1. The lowest BCUT2D eigenvalue weighted by Gasteiger charge is -2.09. The predicted octanol–water partition coefficient (Wildman–Crippen LogP) is 3.26. The van der Waals surface area contributed by atoms with E-state index in [2.05, 4.69) is 10.1 Å². The van der Waals surface area contributed by atoms with Crippen molar-refractivity contribution in [3.05, 3.63) is 53.8 Å². The van der Waals surface area contributed by atoms with Gasteiger partial charge in [0, 0.05) is 5.56 Å². The number of benzene rings is 2. The molecule has 0 aromatic heterocycles. The molecule has 0 spiro atoms. The summed E-state index contributed by atoms with van der Waals surface area (Å²) in [6.07, 6.45) is 0. The molecular weight excluding hydrogens is 285 g/mol. The topological polar surface area (TPSA) is 64.3 Å². The monoisotopic (exact) mass is 296 g/mol. The maximum absolute atomic E-state index is 12.9. The number of alkyl halides is 2. The number of nitrogens with one attached hydrogen (secondary N) is 1. The molecule has 3 N–H and O–H groups in total. The van der Waals surface area contributed by atoms with Crippen molar-refractivity contribution in [2.75, 3.05) is 11.1 Å². The number of carbonyl (C=O) groups is 1. The van der Waals surface area contributed by atoms with Crippen LogP contribution in [0.15, 0.2) is 42.5 Å². The van der Waals surface area contributed by atoms with Gasteiger partial charge in [-0.3, -0.25) is 4.79 Å². The summed E-state index contributed by atoms with van der Waals surface area (Å²) >= 11 is 0. The first-order valence-electron chi connectivity index (χ1n) is 5.87. The number of anilines is 2. The first kappa shape index (κ1) is 14.7. The second-order valence-electron chi connectivity index (χ2n) is 4.09. The predicted molar refractivity (Wildman–Crippen MR) is 71.8 cm³/mol. The van der Waals surface area contributed by atoms with Gasteiger partial charge in [0.2, 0.25) is 0 Å². The zero-order valence-corrected chi connectivity index (χ0v) is 10.6. The number of rotatable bonds is 4. The molecule has 1 amide bonds. The Morgan fingerprint density at radius 2 is 1.95 bits per heavy atom. The van der Waals surface area contributed by atoms with Gasteiger partial charge < -0.3 is 15.8 Å². The van der Waals surface area contributed by atoms with Crippen molar-refractivity contribution in [3.63, 3.8) is 0 Å². The number of hydrogen-bond acceptors (Lipinski definition) is 3. The van der Waals surface area contributed by atoms with Gasteiger partial charge >= 0.3 is 6.61 Å². The third-order valence-electron chi connectivity index (χ3n) is 2.58. The zero-order chi connectivity index (χ0) is 15.4. The van der Waals surface area contributed by atoms with Crippen LogP contribution in [0, 0.1) is 5.82 Å². The molecule has 21 heavy (non-hydrogen) atoms. The van der Waals surface area contributed by atoms with Crippen LogP contribution >= 0.6 is 0 Å². The van der Waals surface area contributed by atoms with Crippen molar-refractivity contribution in [1.29, 1.82) is 0 Å². The van der Waals surface area contributed by atoms with Crippen LogP contribution in [0.3, 0.4) is 0 Å². The first-order valence-corrected chi connectivity index (χ1v) is 5.87. The molecule has 0 unspecified atom stereocenters. The Hall–Kier alpha value is -2.70. The Balaban J connectivity index is 2.16. The lowest BCUT2D eigenvalue weighted by Crippen LogP contribution is -2.13. The Labute approximate surface area is 118 Å². The molecule has 4 nitrogen and oxygen atoms in total. The second kappa shape index (κ2) is 6.17. The fourth-order valence-corrected chi connectivity index (χ4v) is 1.66. The summed E-state index contributed by atoms with van der Waals surface area (Å²) in [5.41, 5.74) is 5.96. The zero-order valence-electron chi connectivity index (χ0n) is 10.6. The van der Waals surface area contributed by atoms with Crippen LogP contribution in [0.4, 0.5) is 24.5 Å². The Bertz CT molecular complexity index is 662. The minimum atomic E-state index is -2.98. The fourth-order valence-electron chi connectivity index (χ4n) is 1.66. The van der Waals surface area contributed by atoms with Crippen LogP contribution in [0.1, 0.15) is 10.4 Å². The number of nitrogens with two attached hydrogens (primary N) is 1. The van der Waals surface area contributed by atoms with Gasteiger partial charge in [-0.25, -0.2) is 4.39 Å². The lowest BCUT2D eigenvalue weighted by molar-refractivity contribution is -0.0498. The summed E-state index contributed by atoms with van der Waals surface area (Å²) in [4.78, 5) is 12.0. The summed E-state index contributed by atoms with van der Waals surface area (Å²) in [5.74, 6) is -1.24. The molecular formula is C14H11F3N2O2. The fraction of sp³-hybridized carbons (Fsp3) is 0.0714. The summed E-state index contributed by atoms with van der Waals surface area (Å²) < 4.78 is 41.3. The molecule has 0 radical (unpaired) electrons. The smallest absolute Gasteiger partial charge is 0.387 e. The molecule has 0 saturated carbocycles. The van der Waals surface area contributed by atoms with Gasteiger partial charge in [0.25, 0.3) is 5.91 Å².